The fourth-order valence-electron chi connectivity index (χ4n) is 0.830. The zero-order chi connectivity index (χ0) is 8.48. The Bertz CT molecular complexity index is 237. The maximum Gasteiger partial charge on any atom is 0.0720 e. The lowest BCUT2D eigenvalue weighted by Gasteiger charge is -2.22. The van der Waals surface area contributed by atoms with E-state index in [1.54, 1.807) is 6.20 Å². The summed E-state index contributed by atoms with van der Waals surface area (Å²) in [7, 11) is 0. The number of rotatable bonds is 2. The molecule has 1 heterocycles. The summed E-state index contributed by atoms with van der Waals surface area (Å²) in [6, 6.07) is 0. The first kappa shape index (κ1) is 8.11. The number of anilines is 1. The Kier molecular flexibility index (Phi) is 1.89. The van der Waals surface area contributed by atoms with Crippen molar-refractivity contribution in [2.24, 2.45) is 0 Å². The summed E-state index contributed by atoms with van der Waals surface area (Å²) in [5.74, 6) is 0. The highest BCUT2D eigenvalue weighted by molar-refractivity contribution is 5.30. The summed E-state index contributed by atoms with van der Waals surface area (Å²) >= 11 is 0. The maximum atomic E-state index is 5.55. The Morgan fingerprint density at radius 3 is 2.64 bits per heavy atom. The van der Waals surface area contributed by atoms with Crippen LogP contribution in [0.3, 0.4) is 0 Å². The van der Waals surface area contributed by atoms with Crippen molar-refractivity contribution in [2.45, 2.75) is 32.7 Å². The molecule has 2 N–H and O–H groups in total. The van der Waals surface area contributed by atoms with Gasteiger partial charge < -0.3 is 5.73 Å². The lowest BCUT2D eigenvalue weighted by Crippen LogP contribution is -2.25. The van der Waals surface area contributed by atoms with E-state index in [2.05, 4.69) is 25.9 Å². The average Bonchev–Trinajstić information content (AvgIpc) is 2.36. The molecule has 0 saturated carbocycles. The lowest BCUT2D eigenvalue weighted by atomic mass is 10.0. The van der Waals surface area contributed by atoms with Gasteiger partial charge in [-0.1, -0.05) is 6.92 Å². The van der Waals surface area contributed by atoms with Crippen LogP contribution >= 0.6 is 0 Å². The van der Waals surface area contributed by atoms with Crippen LogP contribution in [0.1, 0.15) is 27.2 Å². The second kappa shape index (κ2) is 2.57. The Morgan fingerprint density at radius 2 is 2.27 bits per heavy atom. The topological polar surface area (TPSA) is 43.8 Å². The molecular formula is C8H15N3. The van der Waals surface area contributed by atoms with Gasteiger partial charge in [-0.15, -0.1) is 0 Å². The van der Waals surface area contributed by atoms with E-state index in [0.29, 0.717) is 0 Å². The fraction of sp³-hybridized carbons (Fsp3) is 0.625. The quantitative estimate of drug-likeness (QED) is 0.701. The van der Waals surface area contributed by atoms with E-state index < -0.39 is 0 Å². The molecule has 3 heteroatoms. The standard InChI is InChI=1S/C8H15N3/c1-4-8(2,3)11-6-7(9)5-10-11/h5-6H,4,9H2,1-3H3. The molecule has 0 fully saturated rings. The molecule has 0 saturated heterocycles. The highest BCUT2D eigenvalue weighted by Gasteiger charge is 2.17. The number of hydrogen-bond donors (Lipinski definition) is 1. The molecule has 3 nitrogen and oxygen atoms in total. The van der Waals surface area contributed by atoms with Gasteiger partial charge in [0, 0.05) is 6.20 Å². The van der Waals surface area contributed by atoms with E-state index in [0.717, 1.165) is 12.1 Å². The van der Waals surface area contributed by atoms with Gasteiger partial charge in [0.25, 0.3) is 0 Å². The summed E-state index contributed by atoms with van der Waals surface area (Å²) in [4.78, 5) is 0. The Hall–Kier alpha value is -0.990. The predicted octanol–water partition coefficient (Wildman–Crippen LogP) is 1.61. The molecule has 0 radical (unpaired) electrons. The van der Waals surface area contributed by atoms with Crippen molar-refractivity contribution in [1.29, 1.82) is 0 Å². The van der Waals surface area contributed by atoms with Gasteiger partial charge in [-0.3, -0.25) is 4.68 Å². The highest BCUT2D eigenvalue weighted by Crippen LogP contribution is 2.18. The maximum absolute atomic E-state index is 5.55. The van der Waals surface area contributed by atoms with Gasteiger partial charge in [-0.2, -0.15) is 5.10 Å². The number of nitrogens with zero attached hydrogens (tertiary/aromatic N) is 2. The number of hydrogen-bond acceptors (Lipinski definition) is 2. The first-order valence-corrected chi connectivity index (χ1v) is 3.87. The van der Waals surface area contributed by atoms with E-state index in [-0.39, 0.29) is 5.54 Å². The molecule has 0 aliphatic rings. The molecule has 1 aromatic heterocycles. The molecular weight excluding hydrogens is 138 g/mol. The number of nitrogen functional groups attached to an aromatic ring is 1. The molecule has 11 heavy (non-hydrogen) atoms. The van der Waals surface area contributed by atoms with Crippen LogP contribution in [0, 0.1) is 0 Å². The molecule has 1 aromatic rings. The monoisotopic (exact) mass is 153 g/mol. The Morgan fingerprint density at radius 1 is 1.64 bits per heavy atom. The van der Waals surface area contributed by atoms with Gasteiger partial charge in [-0.25, -0.2) is 0 Å². The molecule has 0 atom stereocenters. The smallest absolute Gasteiger partial charge is 0.0720 e. The molecule has 0 amide bonds. The molecule has 0 unspecified atom stereocenters. The van der Waals surface area contributed by atoms with Gasteiger partial charge >= 0.3 is 0 Å². The lowest BCUT2D eigenvalue weighted by molar-refractivity contribution is 0.308. The van der Waals surface area contributed by atoms with Crippen LogP contribution in [-0.4, -0.2) is 9.78 Å². The largest absolute Gasteiger partial charge is 0.396 e. The second-order valence-corrected chi connectivity index (χ2v) is 3.38. The van der Waals surface area contributed by atoms with Crippen LogP contribution in [0.25, 0.3) is 0 Å². The van der Waals surface area contributed by atoms with E-state index >= 15 is 0 Å². The van der Waals surface area contributed by atoms with E-state index in [4.69, 9.17) is 5.73 Å². The molecule has 0 aliphatic heterocycles. The van der Waals surface area contributed by atoms with Crippen molar-refractivity contribution < 1.29 is 0 Å². The predicted molar refractivity (Wildman–Crippen MR) is 46.3 cm³/mol. The van der Waals surface area contributed by atoms with E-state index in [9.17, 15) is 0 Å². The third-order valence-corrected chi connectivity index (χ3v) is 2.09. The highest BCUT2D eigenvalue weighted by atomic mass is 15.3. The summed E-state index contributed by atoms with van der Waals surface area (Å²) < 4.78 is 1.91. The van der Waals surface area contributed by atoms with Crippen molar-refractivity contribution >= 4 is 5.69 Å². The van der Waals surface area contributed by atoms with Crippen molar-refractivity contribution in [3.8, 4) is 0 Å². The SMILES string of the molecule is CCC(C)(C)n1cc(N)cn1. The van der Waals surface area contributed by atoms with Gasteiger partial charge in [0.15, 0.2) is 0 Å². The van der Waals surface area contributed by atoms with Crippen LogP contribution < -0.4 is 5.73 Å². The minimum atomic E-state index is 0.0810. The molecule has 0 aromatic carbocycles. The summed E-state index contributed by atoms with van der Waals surface area (Å²) in [5.41, 5.74) is 6.36. The Labute approximate surface area is 67.2 Å². The molecule has 0 aliphatic carbocycles. The fourth-order valence-corrected chi connectivity index (χ4v) is 0.830. The third-order valence-electron chi connectivity index (χ3n) is 2.09. The molecule has 0 bridgehead atoms. The summed E-state index contributed by atoms with van der Waals surface area (Å²) in [6.45, 7) is 6.41. The van der Waals surface area contributed by atoms with Crippen LogP contribution in [0.15, 0.2) is 12.4 Å². The van der Waals surface area contributed by atoms with Crippen molar-refractivity contribution in [3.63, 3.8) is 0 Å². The molecule has 1 rings (SSSR count). The van der Waals surface area contributed by atoms with Gasteiger partial charge in [0.2, 0.25) is 0 Å². The number of aromatic nitrogens is 2. The van der Waals surface area contributed by atoms with Gasteiger partial charge in [0.1, 0.15) is 0 Å². The third kappa shape index (κ3) is 1.53. The minimum Gasteiger partial charge on any atom is -0.396 e. The summed E-state index contributed by atoms with van der Waals surface area (Å²) in [5, 5.41) is 4.15. The van der Waals surface area contributed by atoms with E-state index in [1.165, 1.54) is 0 Å². The Balaban J connectivity index is 2.92. The van der Waals surface area contributed by atoms with E-state index in [1.807, 2.05) is 10.9 Å². The zero-order valence-corrected chi connectivity index (χ0v) is 7.33. The summed E-state index contributed by atoms with van der Waals surface area (Å²) in [6.07, 6.45) is 4.59. The molecule has 62 valence electrons. The van der Waals surface area contributed by atoms with Crippen LogP contribution in [0.5, 0.6) is 0 Å². The normalized spacial score (nSPS) is 11.9. The first-order valence-electron chi connectivity index (χ1n) is 3.87. The van der Waals surface area contributed by atoms with Gasteiger partial charge in [-0.05, 0) is 20.3 Å². The number of nitrogens with two attached hydrogens (primary N) is 1. The first-order chi connectivity index (χ1) is 5.06. The second-order valence-electron chi connectivity index (χ2n) is 3.38. The molecule has 0 spiro atoms. The zero-order valence-electron chi connectivity index (χ0n) is 7.33. The van der Waals surface area contributed by atoms with Crippen LogP contribution in [0.4, 0.5) is 5.69 Å². The van der Waals surface area contributed by atoms with Crippen molar-refractivity contribution in [1.82, 2.24) is 9.78 Å². The van der Waals surface area contributed by atoms with Crippen molar-refractivity contribution in [2.75, 3.05) is 5.73 Å². The average molecular weight is 153 g/mol. The van der Waals surface area contributed by atoms with Crippen LogP contribution in [-0.2, 0) is 5.54 Å². The van der Waals surface area contributed by atoms with Gasteiger partial charge in [0.05, 0.1) is 17.4 Å². The van der Waals surface area contributed by atoms with Crippen molar-refractivity contribution in [3.05, 3.63) is 12.4 Å². The van der Waals surface area contributed by atoms with Crippen LogP contribution in [0.2, 0.25) is 0 Å². The minimum absolute atomic E-state index is 0.0810.